The molecule has 0 aliphatic rings. The van der Waals surface area contributed by atoms with Crippen LogP contribution in [0.4, 0.5) is 0 Å². The first-order valence-corrected chi connectivity index (χ1v) is 7.05. The first-order chi connectivity index (χ1) is 9.56. The fraction of sp³-hybridized carbons (Fsp3) is 0.412. The van der Waals surface area contributed by atoms with Crippen LogP contribution in [0.25, 0.3) is 0 Å². The minimum absolute atomic E-state index is 0.201. The summed E-state index contributed by atoms with van der Waals surface area (Å²) >= 11 is 0. The van der Waals surface area contributed by atoms with Gasteiger partial charge in [0.25, 0.3) is 0 Å². The zero-order chi connectivity index (χ0) is 14.6. The van der Waals surface area contributed by atoms with Crippen LogP contribution in [0.15, 0.2) is 41.0 Å². The van der Waals surface area contributed by atoms with Crippen molar-refractivity contribution in [3.8, 4) is 5.75 Å². The third-order valence-corrected chi connectivity index (χ3v) is 3.95. The molecule has 1 heterocycles. The molecule has 0 aliphatic heterocycles. The SMILES string of the molecule is CCC(C)(C)c1ccc(OCc2occc2CN)cc1. The first kappa shape index (κ1) is 14.7. The molecule has 0 aliphatic carbocycles. The van der Waals surface area contributed by atoms with Gasteiger partial charge in [-0.05, 0) is 35.6 Å². The van der Waals surface area contributed by atoms with E-state index in [9.17, 15) is 0 Å². The maximum Gasteiger partial charge on any atom is 0.146 e. The van der Waals surface area contributed by atoms with Crippen LogP contribution in [0, 0.1) is 0 Å². The molecule has 3 heteroatoms. The molecule has 2 rings (SSSR count). The monoisotopic (exact) mass is 273 g/mol. The third kappa shape index (κ3) is 3.23. The largest absolute Gasteiger partial charge is 0.486 e. The van der Waals surface area contributed by atoms with E-state index >= 15 is 0 Å². The lowest BCUT2D eigenvalue weighted by atomic mass is 9.82. The standard InChI is InChI=1S/C17H23NO2/c1-4-17(2,3)14-5-7-15(8-6-14)20-12-16-13(11-18)9-10-19-16/h5-10H,4,11-12,18H2,1-3H3. The highest BCUT2D eigenvalue weighted by Gasteiger charge is 2.17. The van der Waals surface area contributed by atoms with Crippen LogP contribution in [-0.2, 0) is 18.6 Å². The average Bonchev–Trinajstić information content (AvgIpc) is 2.93. The number of ether oxygens (including phenoxy) is 1. The van der Waals surface area contributed by atoms with Gasteiger partial charge in [-0.2, -0.15) is 0 Å². The molecule has 0 saturated carbocycles. The molecule has 0 atom stereocenters. The molecule has 0 fully saturated rings. The smallest absolute Gasteiger partial charge is 0.146 e. The lowest BCUT2D eigenvalue weighted by molar-refractivity contribution is 0.268. The molecule has 3 nitrogen and oxygen atoms in total. The van der Waals surface area contributed by atoms with Gasteiger partial charge in [-0.25, -0.2) is 0 Å². The summed E-state index contributed by atoms with van der Waals surface area (Å²) in [6, 6.07) is 10.2. The highest BCUT2D eigenvalue weighted by Crippen LogP contribution is 2.28. The fourth-order valence-corrected chi connectivity index (χ4v) is 2.03. The summed E-state index contributed by atoms with van der Waals surface area (Å²) in [5.41, 5.74) is 8.15. The summed E-state index contributed by atoms with van der Waals surface area (Å²) in [6.45, 7) is 7.59. The predicted octanol–water partition coefficient (Wildman–Crippen LogP) is 4.00. The number of rotatable bonds is 6. The minimum atomic E-state index is 0.201. The molecule has 0 saturated heterocycles. The van der Waals surface area contributed by atoms with Crippen LogP contribution in [0.2, 0.25) is 0 Å². The highest BCUT2D eigenvalue weighted by atomic mass is 16.5. The van der Waals surface area contributed by atoms with E-state index in [4.69, 9.17) is 14.9 Å². The van der Waals surface area contributed by atoms with E-state index in [-0.39, 0.29) is 5.41 Å². The molecule has 0 spiro atoms. The zero-order valence-corrected chi connectivity index (χ0v) is 12.5. The summed E-state index contributed by atoms with van der Waals surface area (Å²) in [4.78, 5) is 0. The van der Waals surface area contributed by atoms with Crippen molar-refractivity contribution in [3.63, 3.8) is 0 Å². The van der Waals surface area contributed by atoms with Crippen molar-refractivity contribution in [3.05, 3.63) is 53.5 Å². The van der Waals surface area contributed by atoms with E-state index in [0.717, 1.165) is 23.5 Å². The minimum Gasteiger partial charge on any atom is -0.486 e. The van der Waals surface area contributed by atoms with Gasteiger partial charge in [0.1, 0.15) is 18.1 Å². The van der Waals surface area contributed by atoms with E-state index in [1.807, 2.05) is 18.2 Å². The van der Waals surface area contributed by atoms with Gasteiger partial charge in [0.15, 0.2) is 0 Å². The average molecular weight is 273 g/mol. The molecule has 2 N–H and O–H groups in total. The van der Waals surface area contributed by atoms with Crippen molar-refractivity contribution in [1.82, 2.24) is 0 Å². The molecule has 0 amide bonds. The Hall–Kier alpha value is -1.74. The van der Waals surface area contributed by atoms with Crippen molar-refractivity contribution < 1.29 is 9.15 Å². The van der Waals surface area contributed by atoms with Gasteiger partial charge in [-0.15, -0.1) is 0 Å². The quantitative estimate of drug-likeness (QED) is 0.865. The van der Waals surface area contributed by atoms with E-state index in [1.165, 1.54) is 5.56 Å². The Balaban J connectivity index is 2.01. The van der Waals surface area contributed by atoms with Crippen LogP contribution in [-0.4, -0.2) is 0 Å². The molecular formula is C17H23NO2. The lowest BCUT2D eigenvalue weighted by Crippen LogP contribution is -2.15. The summed E-state index contributed by atoms with van der Waals surface area (Å²) in [5, 5.41) is 0. The molecule has 0 bridgehead atoms. The van der Waals surface area contributed by atoms with Gasteiger partial charge in [-0.3, -0.25) is 0 Å². The maximum absolute atomic E-state index is 5.74. The molecule has 0 radical (unpaired) electrons. The van der Waals surface area contributed by atoms with E-state index in [0.29, 0.717) is 13.2 Å². The van der Waals surface area contributed by atoms with Crippen molar-refractivity contribution in [1.29, 1.82) is 0 Å². The van der Waals surface area contributed by atoms with Crippen LogP contribution < -0.4 is 10.5 Å². The van der Waals surface area contributed by atoms with Crippen LogP contribution in [0.5, 0.6) is 5.75 Å². The van der Waals surface area contributed by atoms with Crippen LogP contribution >= 0.6 is 0 Å². The van der Waals surface area contributed by atoms with E-state index in [2.05, 4.69) is 32.9 Å². The van der Waals surface area contributed by atoms with Crippen LogP contribution in [0.3, 0.4) is 0 Å². The van der Waals surface area contributed by atoms with Gasteiger partial charge in [0.2, 0.25) is 0 Å². The Morgan fingerprint density at radius 2 is 1.85 bits per heavy atom. The number of benzene rings is 1. The molecule has 2 aromatic rings. The fourth-order valence-electron chi connectivity index (χ4n) is 2.03. The van der Waals surface area contributed by atoms with Crippen molar-refractivity contribution >= 4 is 0 Å². The second kappa shape index (κ2) is 6.14. The lowest BCUT2D eigenvalue weighted by Gasteiger charge is -2.23. The Morgan fingerprint density at radius 3 is 2.45 bits per heavy atom. The van der Waals surface area contributed by atoms with Crippen molar-refractivity contribution in [2.75, 3.05) is 0 Å². The second-order valence-electron chi connectivity index (χ2n) is 5.62. The first-order valence-electron chi connectivity index (χ1n) is 7.05. The Bertz CT molecular complexity index is 540. The molecule has 108 valence electrons. The number of hydrogen-bond donors (Lipinski definition) is 1. The normalized spacial score (nSPS) is 11.6. The van der Waals surface area contributed by atoms with Gasteiger partial charge in [0.05, 0.1) is 6.26 Å². The third-order valence-electron chi connectivity index (χ3n) is 3.95. The summed E-state index contributed by atoms with van der Waals surface area (Å²) in [7, 11) is 0. The molecule has 20 heavy (non-hydrogen) atoms. The van der Waals surface area contributed by atoms with Crippen molar-refractivity contribution in [2.24, 2.45) is 5.73 Å². The molecule has 0 unspecified atom stereocenters. The van der Waals surface area contributed by atoms with Gasteiger partial charge in [0, 0.05) is 12.1 Å². The molecule has 1 aromatic heterocycles. The zero-order valence-electron chi connectivity index (χ0n) is 12.5. The van der Waals surface area contributed by atoms with Crippen molar-refractivity contribution in [2.45, 2.75) is 45.8 Å². The summed E-state index contributed by atoms with van der Waals surface area (Å²) in [6.07, 6.45) is 2.76. The van der Waals surface area contributed by atoms with Gasteiger partial charge < -0.3 is 14.9 Å². The second-order valence-corrected chi connectivity index (χ2v) is 5.62. The Labute approximate surface area is 120 Å². The maximum atomic E-state index is 5.74. The van der Waals surface area contributed by atoms with Gasteiger partial charge >= 0.3 is 0 Å². The van der Waals surface area contributed by atoms with E-state index in [1.54, 1.807) is 6.26 Å². The Kier molecular flexibility index (Phi) is 4.50. The molecular weight excluding hydrogens is 250 g/mol. The topological polar surface area (TPSA) is 48.4 Å². The van der Waals surface area contributed by atoms with Crippen LogP contribution in [0.1, 0.15) is 44.1 Å². The number of hydrogen-bond acceptors (Lipinski definition) is 3. The number of nitrogens with two attached hydrogens (primary N) is 1. The predicted molar refractivity (Wildman–Crippen MR) is 80.7 cm³/mol. The van der Waals surface area contributed by atoms with Gasteiger partial charge in [-0.1, -0.05) is 32.9 Å². The highest BCUT2D eigenvalue weighted by molar-refractivity contribution is 5.31. The summed E-state index contributed by atoms with van der Waals surface area (Å²) < 4.78 is 11.1. The van der Waals surface area contributed by atoms with E-state index < -0.39 is 0 Å². The Morgan fingerprint density at radius 1 is 1.15 bits per heavy atom. The number of furan rings is 1. The summed E-state index contributed by atoms with van der Waals surface area (Å²) in [5.74, 6) is 1.64. The molecule has 1 aromatic carbocycles.